The van der Waals surface area contributed by atoms with Crippen molar-refractivity contribution < 1.29 is 22.1 Å². The molecule has 0 aliphatic heterocycles. The van der Waals surface area contributed by atoms with Crippen LogP contribution in [0.15, 0.2) is 57.9 Å². The molecule has 1 N–H and O–H groups in total. The maximum absolute atomic E-state index is 13.1. The second-order valence-electron chi connectivity index (χ2n) is 9.39. The smallest absolute Gasteiger partial charge is 0.247 e. The van der Waals surface area contributed by atoms with Crippen molar-refractivity contribution in [2.24, 2.45) is 0 Å². The number of nitrogens with zero attached hydrogens (tertiary/aromatic N) is 2. The molecule has 11 heteroatoms. The molecule has 1 aromatic heterocycles. The van der Waals surface area contributed by atoms with E-state index in [9.17, 15) is 8.42 Å². The van der Waals surface area contributed by atoms with Gasteiger partial charge in [-0.15, -0.1) is 0 Å². The van der Waals surface area contributed by atoms with Gasteiger partial charge < -0.3 is 13.7 Å². The Labute approximate surface area is 206 Å². The van der Waals surface area contributed by atoms with Crippen molar-refractivity contribution in [3.63, 3.8) is 0 Å². The molecule has 0 amide bonds. The van der Waals surface area contributed by atoms with Gasteiger partial charge in [-0.3, -0.25) is 0 Å². The van der Waals surface area contributed by atoms with Gasteiger partial charge in [0.2, 0.25) is 21.7 Å². The molecule has 8 nitrogen and oxygen atoms in total. The monoisotopic (exact) mass is 523 g/mol. The van der Waals surface area contributed by atoms with E-state index in [4.69, 9.17) is 25.3 Å². The van der Waals surface area contributed by atoms with Crippen LogP contribution in [-0.4, -0.2) is 40.6 Å². The second kappa shape index (κ2) is 10.2. The summed E-state index contributed by atoms with van der Waals surface area (Å²) in [4.78, 5) is 4.49. The summed E-state index contributed by atoms with van der Waals surface area (Å²) >= 11 is 6.01. The van der Waals surface area contributed by atoms with Crippen molar-refractivity contribution in [1.82, 2.24) is 14.9 Å². The molecule has 0 aliphatic rings. The third-order valence-corrected chi connectivity index (χ3v) is 12.1. The van der Waals surface area contributed by atoms with E-state index in [2.05, 4.69) is 48.7 Å². The standard InChI is InChI=1S/C23H30ClN3O5SSi/c1-23(2,3)34(5,6)31-15-20(27-33(28,29)19-9-7-8-17(24)14-19)22-25-21(26-32-22)16-10-12-18(30-4)13-11-16/h7-14,20,27H,15H2,1-6H3/t20-/m0/s1. The number of aromatic nitrogens is 2. The molecule has 0 fully saturated rings. The Bertz CT molecular complexity index is 1220. The fourth-order valence-corrected chi connectivity index (χ4v) is 5.28. The number of sulfonamides is 1. The molecule has 0 saturated carbocycles. The lowest BCUT2D eigenvalue weighted by molar-refractivity contribution is 0.227. The van der Waals surface area contributed by atoms with E-state index in [-0.39, 0.29) is 22.4 Å². The van der Waals surface area contributed by atoms with Crippen molar-refractivity contribution >= 4 is 29.9 Å². The minimum atomic E-state index is -3.94. The highest BCUT2D eigenvalue weighted by molar-refractivity contribution is 7.89. The summed E-state index contributed by atoms with van der Waals surface area (Å²) < 4.78 is 45.9. The van der Waals surface area contributed by atoms with Crippen LogP contribution in [-0.2, 0) is 14.4 Å². The van der Waals surface area contributed by atoms with E-state index >= 15 is 0 Å². The van der Waals surface area contributed by atoms with Crippen molar-refractivity contribution in [2.45, 2.75) is 49.8 Å². The molecule has 0 unspecified atom stereocenters. The van der Waals surface area contributed by atoms with Gasteiger partial charge in [0.1, 0.15) is 11.8 Å². The van der Waals surface area contributed by atoms with E-state index in [1.807, 2.05) is 0 Å². The predicted molar refractivity (Wildman–Crippen MR) is 134 cm³/mol. The van der Waals surface area contributed by atoms with Crippen LogP contribution in [0.1, 0.15) is 32.7 Å². The fraction of sp³-hybridized carbons (Fsp3) is 0.391. The van der Waals surface area contributed by atoms with Gasteiger partial charge in [0, 0.05) is 10.6 Å². The quantitative estimate of drug-likeness (QED) is 0.372. The van der Waals surface area contributed by atoms with Crippen molar-refractivity contribution in [1.29, 1.82) is 0 Å². The Balaban J connectivity index is 1.92. The molecule has 3 rings (SSSR count). The zero-order valence-electron chi connectivity index (χ0n) is 20.1. The van der Waals surface area contributed by atoms with Crippen LogP contribution in [0.5, 0.6) is 5.75 Å². The maximum atomic E-state index is 13.1. The summed E-state index contributed by atoms with van der Waals surface area (Å²) in [5.41, 5.74) is 0.706. The Morgan fingerprint density at radius 1 is 1.15 bits per heavy atom. The van der Waals surface area contributed by atoms with E-state index in [0.717, 1.165) is 0 Å². The van der Waals surface area contributed by atoms with Crippen molar-refractivity contribution in [3.05, 3.63) is 59.4 Å². The molecule has 0 saturated heterocycles. The first-order chi connectivity index (χ1) is 15.8. The van der Waals surface area contributed by atoms with Crippen LogP contribution in [0.25, 0.3) is 11.4 Å². The fourth-order valence-electron chi connectivity index (χ4n) is 2.79. The number of methoxy groups -OCH3 is 1. The zero-order chi connectivity index (χ0) is 25.1. The Morgan fingerprint density at radius 2 is 1.82 bits per heavy atom. The third-order valence-electron chi connectivity index (χ3n) is 5.91. The molecule has 1 heterocycles. The molecule has 0 bridgehead atoms. The number of hydrogen-bond acceptors (Lipinski definition) is 7. The summed E-state index contributed by atoms with van der Waals surface area (Å²) in [5, 5.41) is 4.30. The van der Waals surface area contributed by atoms with Gasteiger partial charge in [-0.2, -0.15) is 9.71 Å². The first-order valence-electron chi connectivity index (χ1n) is 10.7. The summed E-state index contributed by atoms with van der Waals surface area (Å²) in [5.74, 6) is 1.13. The molecule has 0 spiro atoms. The van der Waals surface area contributed by atoms with Gasteiger partial charge >= 0.3 is 0 Å². The number of nitrogens with one attached hydrogen (secondary N) is 1. The van der Waals surface area contributed by atoms with E-state index in [1.54, 1.807) is 43.5 Å². The van der Waals surface area contributed by atoms with Gasteiger partial charge in [-0.05, 0) is 60.6 Å². The number of hydrogen-bond donors (Lipinski definition) is 1. The third kappa shape index (κ3) is 6.25. The molecule has 0 radical (unpaired) electrons. The van der Waals surface area contributed by atoms with E-state index in [1.165, 1.54) is 12.1 Å². The first kappa shape index (κ1) is 26.4. The topological polar surface area (TPSA) is 104 Å². The summed E-state index contributed by atoms with van der Waals surface area (Å²) in [6.45, 7) is 10.6. The molecule has 1 atom stereocenters. The second-order valence-corrected chi connectivity index (χ2v) is 16.3. The molecular weight excluding hydrogens is 494 g/mol. The van der Waals surface area contributed by atoms with Crippen molar-refractivity contribution in [3.8, 4) is 17.1 Å². The Kier molecular flexibility index (Phi) is 7.88. The maximum Gasteiger partial charge on any atom is 0.247 e. The average Bonchev–Trinajstić information content (AvgIpc) is 3.26. The predicted octanol–water partition coefficient (Wildman–Crippen LogP) is 5.44. The van der Waals surface area contributed by atoms with Crippen molar-refractivity contribution in [2.75, 3.05) is 13.7 Å². The van der Waals surface area contributed by atoms with Crippen LogP contribution in [0.2, 0.25) is 23.2 Å². The van der Waals surface area contributed by atoms with Gasteiger partial charge in [0.05, 0.1) is 18.6 Å². The highest BCUT2D eigenvalue weighted by atomic mass is 35.5. The Morgan fingerprint density at radius 3 is 2.41 bits per heavy atom. The number of halogens is 1. The lowest BCUT2D eigenvalue weighted by atomic mass is 10.2. The lowest BCUT2D eigenvalue weighted by Gasteiger charge is -2.37. The van der Waals surface area contributed by atoms with Crippen LogP contribution < -0.4 is 9.46 Å². The molecule has 184 valence electrons. The lowest BCUT2D eigenvalue weighted by Crippen LogP contribution is -2.43. The highest BCUT2D eigenvalue weighted by Gasteiger charge is 2.39. The zero-order valence-corrected chi connectivity index (χ0v) is 22.7. The Hall–Kier alpha value is -2.24. The number of benzene rings is 2. The van der Waals surface area contributed by atoms with E-state index < -0.39 is 24.4 Å². The molecule has 0 aliphatic carbocycles. The number of rotatable bonds is 9. The van der Waals surface area contributed by atoms with Crippen LogP contribution in [0, 0.1) is 0 Å². The van der Waals surface area contributed by atoms with Crippen LogP contribution in [0.4, 0.5) is 0 Å². The van der Waals surface area contributed by atoms with Gasteiger partial charge in [0.25, 0.3) is 0 Å². The normalized spacial score (nSPS) is 13.6. The van der Waals surface area contributed by atoms with Gasteiger partial charge in [0.15, 0.2) is 8.32 Å². The summed E-state index contributed by atoms with van der Waals surface area (Å²) in [6.07, 6.45) is 0. The van der Waals surface area contributed by atoms with Crippen LogP contribution in [0.3, 0.4) is 0 Å². The minimum absolute atomic E-state index is 0.0345. The average molecular weight is 524 g/mol. The van der Waals surface area contributed by atoms with Gasteiger partial charge in [-0.25, -0.2) is 8.42 Å². The SMILES string of the molecule is COc1ccc(-c2noc([C@H](CO[Si](C)(C)C(C)(C)C)NS(=O)(=O)c3cccc(Cl)c3)n2)cc1. The molecule has 3 aromatic rings. The first-order valence-corrected chi connectivity index (χ1v) is 15.5. The minimum Gasteiger partial charge on any atom is -0.497 e. The molecule has 2 aromatic carbocycles. The number of ether oxygens (including phenoxy) is 1. The summed E-state index contributed by atoms with van der Waals surface area (Å²) in [7, 11) is -4.55. The van der Waals surface area contributed by atoms with Crippen LogP contribution >= 0.6 is 11.6 Å². The molecular formula is C23H30ClN3O5SSi. The summed E-state index contributed by atoms with van der Waals surface area (Å²) in [6, 6.07) is 12.3. The van der Waals surface area contributed by atoms with Gasteiger partial charge in [-0.1, -0.05) is 43.6 Å². The van der Waals surface area contributed by atoms with E-state index in [0.29, 0.717) is 22.2 Å². The molecule has 34 heavy (non-hydrogen) atoms. The largest absolute Gasteiger partial charge is 0.497 e. The highest BCUT2D eigenvalue weighted by Crippen LogP contribution is 2.37.